The van der Waals surface area contributed by atoms with E-state index in [-0.39, 0.29) is 18.1 Å². The van der Waals surface area contributed by atoms with Crippen molar-refractivity contribution in [3.05, 3.63) is 72.3 Å². The lowest BCUT2D eigenvalue weighted by Crippen LogP contribution is -2.17. The van der Waals surface area contributed by atoms with Gasteiger partial charge in [-0.3, -0.25) is 9.59 Å². The van der Waals surface area contributed by atoms with Gasteiger partial charge in [-0.15, -0.1) is 0 Å². The van der Waals surface area contributed by atoms with Crippen molar-refractivity contribution in [1.29, 1.82) is 0 Å². The van der Waals surface area contributed by atoms with E-state index in [2.05, 4.69) is 10.3 Å². The zero-order valence-electron chi connectivity index (χ0n) is 11.8. The van der Waals surface area contributed by atoms with Crippen LogP contribution in [0, 0.1) is 0 Å². The number of ketones is 1. The Morgan fingerprint density at radius 2 is 1.59 bits per heavy atom. The molecule has 0 radical (unpaired) electrons. The van der Waals surface area contributed by atoms with Crippen LogP contribution in [0.3, 0.4) is 0 Å². The predicted octanol–water partition coefficient (Wildman–Crippen LogP) is 3.45. The molecule has 0 fully saturated rings. The highest BCUT2D eigenvalue weighted by Crippen LogP contribution is 2.15. The summed E-state index contributed by atoms with van der Waals surface area (Å²) in [4.78, 5) is 28.3. The van der Waals surface area contributed by atoms with Crippen LogP contribution in [0.25, 0.3) is 10.9 Å². The molecule has 1 amide bonds. The van der Waals surface area contributed by atoms with E-state index in [9.17, 15) is 9.59 Å². The van der Waals surface area contributed by atoms with Gasteiger partial charge < -0.3 is 5.32 Å². The second-order valence-corrected chi connectivity index (χ2v) is 4.90. The Hall–Kier alpha value is -3.01. The molecule has 0 unspecified atom stereocenters. The highest BCUT2D eigenvalue weighted by Gasteiger charge is 2.12. The zero-order valence-corrected chi connectivity index (χ0v) is 11.8. The average Bonchev–Trinajstić information content (AvgIpc) is 2.55. The molecule has 1 N–H and O–H groups in total. The minimum absolute atomic E-state index is 0.196. The van der Waals surface area contributed by atoms with Crippen LogP contribution in [0.4, 0.5) is 5.82 Å². The van der Waals surface area contributed by atoms with Crippen LogP contribution in [0.2, 0.25) is 0 Å². The molecule has 4 nitrogen and oxygen atoms in total. The SMILES string of the molecule is O=C(CC(=O)c1ccccc1)Nc1ccc2ccccc2n1. The smallest absolute Gasteiger partial charge is 0.233 e. The van der Waals surface area contributed by atoms with Crippen LogP contribution < -0.4 is 5.32 Å². The van der Waals surface area contributed by atoms with Crippen molar-refractivity contribution in [2.24, 2.45) is 0 Å². The Morgan fingerprint density at radius 3 is 2.41 bits per heavy atom. The molecular weight excluding hydrogens is 276 g/mol. The maximum absolute atomic E-state index is 12.0. The fraction of sp³-hybridized carbons (Fsp3) is 0.0556. The molecule has 4 heteroatoms. The van der Waals surface area contributed by atoms with Crippen LogP contribution in [0.15, 0.2) is 66.7 Å². The van der Waals surface area contributed by atoms with Gasteiger partial charge in [-0.25, -0.2) is 4.98 Å². The van der Waals surface area contributed by atoms with Crippen LogP contribution >= 0.6 is 0 Å². The number of Topliss-reactive ketones (excluding diaryl/α,β-unsaturated/α-hetero) is 1. The van der Waals surface area contributed by atoms with Gasteiger partial charge in [0.1, 0.15) is 5.82 Å². The highest BCUT2D eigenvalue weighted by atomic mass is 16.2. The molecule has 0 aliphatic rings. The van der Waals surface area contributed by atoms with Gasteiger partial charge in [-0.1, -0.05) is 48.5 Å². The minimum atomic E-state index is -0.364. The molecule has 1 aromatic heterocycles. The topological polar surface area (TPSA) is 59.1 Å². The largest absolute Gasteiger partial charge is 0.310 e. The van der Waals surface area contributed by atoms with E-state index in [4.69, 9.17) is 0 Å². The number of amides is 1. The molecule has 3 rings (SSSR count). The number of aromatic nitrogens is 1. The molecule has 0 spiro atoms. The van der Waals surface area contributed by atoms with E-state index >= 15 is 0 Å². The van der Waals surface area contributed by atoms with Crippen molar-refractivity contribution in [3.8, 4) is 0 Å². The summed E-state index contributed by atoms with van der Waals surface area (Å²) < 4.78 is 0. The van der Waals surface area contributed by atoms with Gasteiger partial charge in [0.25, 0.3) is 0 Å². The summed E-state index contributed by atoms with van der Waals surface area (Å²) in [6, 6.07) is 20.0. The lowest BCUT2D eigenvalue weighted by Gasteiger charge is -2.05. The molecular formula is C18H14N2O2. The number of para-hydroxylation sites is 1. The average molecular weight is 290 g/mol. The molecule has 22 heavy (non-hydrogen) atoms. The van der Waals surface area contributed by atoms with Gasteiger partial charge in [-0.2, -0.15) is 0 Å². The second kappa shape index (κ2) is 6.18. The summed E-state index contributed by atoms with van der Waals surface area (Å²) in [7, 11) is 0. The fourth-order valence-corrected chi connectivity index (χ4v) is 2.19. The molecule has 2 aromatic carbocycles. The first-order valence-electron chi connectivity index (χ1n) is 6.96. The molecule has 0 aliphatic carbocycles. The highest BCUT2D eigenvalue weighted by molar-refractivity contribution is 6.10. The summed E-state index contributed by atoms with van der Waals surface area (Å²) >= 11 is 0. The Bertz CT molecular complexity index is 829. The van der Waals surface area contributed by atoms with Crippen molar-refractivity contribution >= 4 is 28.4 Å². The van der Waals surface area contributed by atoms with Crippen molar-refractivity contribution < 1.29 is 9.59 Å². The molecule has 0 saturated carbocycles. The van der Waals surface area contributed by atoms with Crippen molar-refractivity contribution in [1.82, 2.24) is 4.98 Å². The third-order valence-electron chi connectivity index (χ3n) is 3.28. The van der Waals surface area contributed by atoms with Gasteiger partial charge >= 0.3 is 0 Å². The van der Waals surface area contributed by atoms with Crippen molar-refractivity contribution in [2.45, 2.75) is 6.42 Å². The summed E-state index contributed by atoms with van der Waals surface area (Å²) in [5.41, 5.74) is 1.33. The molecule has 0 atom stereocenters. The lowest BCUT2D eigenvalue weighted by molar-refractivity contribution is -0.115. The molecule has 0 aliphatic heterocycles. The Morgan fingerprint density at radius 1 is 0.864 bits per heavy atom. The van der Waals surface area contributed by atoms with Crippen LogP contribution in [0.1, 0.15) is 16.8 Å². The number of fused-ring (bicyclic) bond motifs is 1. The van der Waals surface area contributed by atoms with Gasteiger partial charge in [0, 0.05) is 10.9 Å². The first-order valence-corrected chi connectivity index (χ1v) is 6.96. The number of rotatable bonds is 4. The standard InChI is InChI=1S/C18H14N2O2/c21-16(14-7-2-1-3-8-14)12-18(22)20-17-11-10-13-6-4-5-9-15(13)19-17/h1-11H,12H2,(H,19,20,22). The van der Waals surface area contributed by atoms with Gasteiger partial charge in [0.15, 0.2) is 5.78 Å². The number of benzene rings is 2. The Kier molecular flexibility index (Phi) is 3.92. The lowest BCUT2D eigenvalue weighted by atomic mass is 10.1. The van der Waals surface area contributed by atoms with Gasteiger partial charge in [0.2, 0.25) is 5.91 Å². The number of carbonyl (C=O) groups excluding carboxylic acids is 2. The van der Waals surface area contributed by atoms with Crippen LogP contribution in [0.5, 0.6) is 0 Å². The Balaban J connectivity index is 1.69. The maximum atomic E-state index is 12.0. The number of hydrogen-bond donors (Lipinski definition) is 1. The van der Waals surface area contributed by atoms with E-state index in [1.54, 1.807) is 30.3 Å². The summed E-state index contributed by atoms with van der Waals surface area (Å²) in [6.45, 7) is 0. The third kappa shape index (κ3) is 3.17. The molecule has 0 bridgehead atoms. The van der Waals surface area contributed by atoms with E-state index in [1.807, 2.05) is 36.4 Å². The van der Waals surface area contributed by atoms with E-state index < -0.39 is 0 Å². The van der Waals surface area contributed by atoms with E-state index in [1.165, 1.54) is 0 Å². The van der Waals surface area contributed by atoms with E-state index in [0.717, 1.165) is 10.9 Å². The normalized spacial score (nSPS) is 10.4. The van der Waals surface area contributed by atoms with Crippen molar-refractivity contribution in [3.63, 3.8) is 0 Å². The minimum Gasteiger partial charge on any atom is -0.310 e. The van der Waals surface area contributed by atoms with E-state index in [0.29, 0.717) is 11.4 Å². The molecule has 1 heterocycles. The number of nitrogens with zero attached hydrogens (tertiary/aromatic N) is 1. The van der Waals surface area contributed by atoms with Gasteiger partial charge in [-0.05, 0) is 18.2 Å². The Labute approximate surface area is 127 Å². The van der Waals surface area contributed by atoms with Gasteiger partial charge in [0.05, 0.1) is 11.9 Å². The first-order chi connectivity index (χ1) is 10.7. The summed E-state index contributed by atoms with van der Waals surface area (Å²) in [5, 5.41) is 3.66. The molecule has 0 saturated heterocycles. The number of hydrogen-bond acceptors (Lipinski definition) is 3. The number of carbonyl (C=O) groups is 2. The third-order valence-corrected chi connectivity index (χ3v) is 3.28. The number of anilines is 1. The predicted molar refractivity (Wildman–Crippen MR) is 85.8 cm³/mol. The van der Waals surface area contributed by atoms with Crippen molar-refractivity contribution in [2.75, 3.05) is 5.32 Å². The zero-order chi connectivity index (χ0) is 15.4. The monoisotopic (exact) mass is 290 g/mol. The summed E-state index contributed by atoms with van der Waals surface area (Å²) in [6.07, 6.45) is -0.196. The second-order valence-electron chi connectivity index (χ2n) is 4.90. The number of pyridine rings is 1. The first kappa shape index (κ1) is 13.9. The summed E-state index contributed by atoms with van der Waals surface area (Å²) in [5.74, 6) is -0.125. The number of nitrogens with one attached hydrogen (secondary N) is 1. The molecule has 3 aromatic rings. The van der Waals surface area contributed by atoms with Crippen LogP contribution in [-0.2, 0) is 4.79 Å². The maximum Gasteiger partial charge on any atom is 0.233 e. The quantitative estimate of drug-likeness (QED) is 0.591. The van der Waals surface area contributed by atoms with Crippen LogP contribution in [-0.4, -0.2) is 16.7 Å². The fourth-order valence-electron chi connectivity index (χ4n) is 2.19. The molecule has 108 valence electrons.